The van der Waals surface area contributed by atoms with Gasteiger partial charge in [0.15, 0.2) is 0 Å². The second-order valence-electron chi connectivity index (χ2n) is 2.93. The van der Waals surface area contributed by atoms with Crippen molar-refractivity contribution < 1.29 is 19.4 Å². The van der Waals surface area contributed by atoms with E-state index in [9.17, 15) is 9.59 Å². The molecule has 6 nitrogen and oxygen atoms in total. The minimum Gasteiger partial charge on any atom is -0.447 e. The van der Waals surface area contributed by atoms with Crippen LogP contribution in [0.5, 0.6) is 0 Å². The first-order valence-electron chi connectivity index (χ1n) is 4.58. The van der Waals surface area contributed by atoms with Gasteiger partial charge in [-0.05, 0) is 18.2 Å². The van der Waals surface area contributed by atoms with Gasteiger partial charge < -0.3 is 15.6 Å². The zero-order valence-corrected chi connectivity index (χ0v) is 8.47. The summed E-state index contributed by atoms with van der Waals surface area (Å²) in [6.45, 7) is -0.323. The SMILES string of the molecule is NC(=O)c1cccc(NC(=O)OCCO)c1. The molecule has 1 rings (SSSR count). The smallest absolute Gasteiger partial charge is 0.411 e. The Morgan fingerprint density at radius 1 is 1.44 bits per heavy atom. The summed E-state index contributed by atoms with van der Waals surface area (Å²) in [5.74, 6) is -0.577. The third-order valence-electron chi connectivity index (χ3n) is 1.72. The molecule has 0 saturated heterocycles. The lowest BCUT2D eigenvalue weighted by atomic mass is 10.2. The molecular formula is C10H12N2O4. The molecule has 0 bridgehead atoms. The van der Waals surface area contributed by atoms with Crippen molar-refractivity contribution in [2.24, 2.45) is 5.73 Å². The fraction of sp³-hybridized carbons (Fsp3) is 0.200. The molecule has 86 valence electrons. The summed E-state index contributed by atoms with van der Waals surface area (Å²) in [7, 11) is 0. The predicted octanol–water partition coefficient (Wildman–Crippen LogP) is 0.326. The van der Waals surface area contributed by atoms with Crippen molar-refractivity contribution in [1.29, 1.82) is 0 Å². The highest BCUT2D eigenvalue weighted by Gasteiger charge is 2.05. The first kappa shape index (κ1) is 12.0. The lowest BCUT2D eigenvalue weighted by Gasteiger charge is -2.06. The van der Waals surface area contributed by atoms with Crippen LogP contribution in [0, 0.1) is 0 Å². The Bertz CT molecular complexity index is 392. The van der Waals surface area contributed by atoms with E-state index >= 15 is 0 Å². The van der Waals surface area contributed by atoms with Gasteiger partial charge in [-0.25, -0.2) is 4.79 Å². The minimum atomic E-state index is -0.698. The quantitative estimate of drug-likeness (QED) is 0.685. The molecule has 0 atom stereocenters. The Morgan fingerprint density at radius 2 is 2.19 bits per heavy atom. The summed E-state index contributed by atoms with van der Waals surface area (Å²) in [6.07, 6.45) is -0.698. The van der Waals surface area contributed by atoms with Gasteiger partial charge in [0.25, 0.3) is 0 Å². The standard InChI is InChI=1S/C10H12N2O4/c11-9(14)7-2-1-3-8(6-7)12-10(15)16-5-4-13/h1-3,6,13H,4-5H2,(H2,11,14)(H,12,15). The summed E-state index contributed by atoms with van der Waals surface area (Å²) >= 11 is 0. The fourth-order valence-electron chi connectivity index (χ4n) is 1.04. The zero-order valence-electron chi connectivity index (χ0n) is 8.47. The molecule has 1 aromatic rings. The highest BCUT2D eigenvalue weighted by atomic mass is 16.6. The average molecular weight is 224 g/mol. The van der Waals surface area contributed by atoms with Gasteiger partial charge in [0.1, 0.15) is 6.61 Å². The van der Waals surface area contributed by atoms with E-state index in [1.165, 1.54) is 12.1 Å². The van der Waals surface area contributed by atoms with Crippen LogP contribution in [-0.2, 0) is 4.74 Å². The van der Waals surface area contributed by atoms with Gasteiger partial charge in [-0.15, -0.1) is 0 Å². The van der Waals surface area contributed by atoms with Crippen molar-refractivity contribution in [2.75, 3.05) is 18.5 Å². The molecule has 0 aromatic heterocycles. The van der Waals surface area contributed by atoms with Crippen molar-refractivity contribution in [3.05, 3.63) is 29.8 Å². The summed E-state index contributed by atoms with van der Waals surface area (Å²) in [4.78, 5) is 21.9. The van der Waals surface area contributed by atoms with E-state index in [2.05, 4.69) is 10.1 Å². The van der Waals surface area contributed by atoms with Crippen LogP contribution in [0.15, 0.2) is 24.3 Å². The van der Waals surface area contributed by atoms with E-state index in [1.807, 2.05) is 0 Å². The Hall–Kier alpha value is -2.08. The number of carbonyl (C=O) groups excluding carboxylic acids is 2. The number of rotatable bonds is 4. The van der Waals surface area contributed by atoms with E-state index in [1.54, 1.807) is 12.1 Å². The summed E-state index contributed by atoms with van der Waals surface area (Å²) < 4.78 is 4.58. The Morgan fingerprint density at radius 3 is 2.81 bits per heavy atom. The van der Waals surface area contributed by atoms with Gasteiger partial charge in [0.2, 0.25) is 5.91 Å². The van der Waals surface area contributed by atoms with Crippen LogP contribution in [0.25, 0.3) is 0 Å². The maximum atomic E-state index is 11.1. The molecule has 0 saturated carbocycles. The molecule has 0 radical (unpaired) electrons. The van der Waals surface area contributed by atoms with Gasteiger partial charge in [-0.3, -0.25) is 10.1 Å². The largest absolute Gasteiger partial charge is 0.447 e. The van der Waals surface area contributed by atoms with Crippen LogP contribution in [0.1, 0.15) is 10.4 Å². The number of carbonyl (C=O) groups is 2. The Balaban J connectivity index is 2.63. The van der Waals surface area contributed by atoms with Gasteiger partial charge in [-0.1, -0.05) is 6.07 Å². The molecule has 0 heterocycles. The van der Waals surface area contributed by atoms with Gasteiger partial charge in [-0.2, -0.15) is 0 Å². The summed E-state index contributed by atoms with van der Waals surface area (Å²) in [6, 6.07) is 6.14. The number of ether oxygens (including phenoxy) is 1. The molecule has 0 unspecified atom stereocenters. The van der Waals surface area contributed by atoms with Crippen molar-refractivity contribution >= 4 is 17.7 Å². The average Bonchev–Trinajstić information content (AvgIpc) is 2.26. The number of primary amides is 1. The number of nitrogens with one attached hydrogen (secondary N) is 1. The number of aliphatic hydroxyl groups is 1. The third kappa shape index (κ3) is 3.58. The van der Waals surface area contributed by atoms with E-state index in [0.717, 1.165) is 0 Å². The number of hydrogen-bond donors (Lipinski definition) is 3. The molecule has 0 aliphatic rings. The lowest BCUT2D eigenvalue weighted by molar-refractivity contribution is 0.1000. The van der Waals surface area contributed by atoms with Crippen LogP contribution in [0.2, 0.25) is 0 Å². The molecule has 1 aromatic carbocycles. The molecule has 0 fully saturated rings. The van der Waals surface area contributed by atoms with E-state index in [0.29, 0.717) is 11.3 Å². The molecule has 0 aliphatic carbocycles. The predicted molar refractivity (Wildman–Crippen MR) is 57.0 cm³/mol. The van der Waals surface area contributed by atoms with Crippen molar-refractivity contribution in [2.45, 2.75) is 0 Å². The Kier molecular flexibility index (Phi) is 4.28. The topological polar surface area (TPSA) is 102 Å². The summed E-state index contributed by atoms with van der Waals surface area (Å²) in [5.41, 5.74) is 5.77. The van der Waals surface area contributed by atoms with Crippen molar-refractivity contribution in [3.8, 4) is 0 Å². The van der Waals surface area contributed by atoms with Gasteiger partial charge >= 0.3 is 6.09 Å². The fourth-order valence-corrected chi connectivity index (χ4v) is 1.04. The van der Waals surface area contributed by atoms with Crippen LogP contribution in [0.4, 0.5) is 10.5 Å². The molecule has 6 heteroatoms. The third-order valence-corrected chi connectivity index (χ3v) is 1.72. The molecule has 0 aliphatic heterocycles. The maximum absolute atomic E-state index is 11.1. The Labute approximate surface area is 92.0 Å². The number of benzene rings is 1. The van der Waals surface area contributed by atoms with Gasteiger partial charge in [0, 0.05) is 11.3 Å². The number of nitrogens with two attached hydrogens (primary N) is 1. The number of aliphatic hydroxyl groups excluding tert-OH is 1. The van der Waals surface area contributed by atoms with E-state index in [-0.39, 0.29) is 13.2 Å². The number of hydrogen-bond acceptors (Lipinski definition) is 4. The highest BCUT2D eigenvalue weighted by molar-refractivity contribution is 5.95. The normalized spacial score (nSPS) is 9.56. The van der Waals surface area contributed by atoms with Crippen LogP contribution >= 0.6 is 0 Å². The van der Waals surface area contributed by atoms with E-state index in [4.69, 9.17) is 10.8 Å². The second-order valence-corrected chi connectivity index (χ2v) is 2.93. The summed E-state index contributed by atoms with van der Waals surface area (Å²) in [5, 5.41) is 10.8. The maximum Gasteiger partial charge on any atom is 0.411 e. The molecule has 2 amide bonds. The van der Waals surface area contributed by atoms with Crippen LogP contribution in [-0.4, -0.2) is 30.3 Å². The van der Waals surface area contributed by atoms with Crippen LogP contribution < -0.4 is 11.1 Å². The zero-order chi connectivity index (χ0) is 12.0. The highest BCUT2D eigenvalue weighted by Crippen LogP contribution is 2.10. The molecule has 4 N–H and O–H groups in total. The minimum absolute atomic E-state index is 0.0820. The molecule has 0 spiro atoms. The van der Waals surface area contributed by atoms with Crippen LogP contribution in [0.3, 0.4) is 0 Å². The first-order valence-corrected chi connectivity index (χ1v) is 4.58. The number of anilines is 1. The molecular weight excluding hydrogens is 212 g/mol. The van der Waals surface area contributed by atoms with Crippen molar-refractivity contribution in [3.63, 3.8) is 0 Å². The number of amides is 2. The van der Waals surface area contributed by atoms with E-state index < -0.39 is 12.0 Å². The lowest BCUT2D eigenvalue weighted by Crippen LogP contribution is -2.16. The van der Waals surface area contributed by atoms with Crippen molar-refractivity contribution in [1.82, 2.24) is 0 Å². The monoisotopic (exact) mass is 224 g/mol. The van der Waals surface area contributed by atoms with Gasteiger partial charge in [0.05, 0.1) is 6.61 Å². The first-order chi connectivity index (χ1) is 7.63. The second kappa shape index (κ2) is 5.72. The molecule has 16 heavy (non-hydrogen) atoms.